The average molecular weight is 527 g/mol. The minimum atomic E-state index is -2.52. The van der Waals surface area contributed by atoms with E-state index in [0.717, 1.165) is 0 Å². The van der Waals surface area contributed by atoms with Crippen molar-refractivity contribution < 1.29 is 13.3 Å². The molecule has 0 saturated carbocycles. The Morgan fingerprint density at radius 3 is 1.52 bits per heavy atom. The molecule has 0 N–H and O–H groups in total. The molecular formula is C26H54O3Si4. The average Bonchev–Trinajstić information content (AvgIpc) is 2.58. The standard InChI is InChI=1S/C26H54O3Si4/c1-22(24(2,3)32(14,15)29-25(4,5)30(8,9)10)27-33(16,23-20-18-17-19-21-23)26(6,7)28-31(11,12)13/h17-22H,1-16H3. The molecule has 0 bridgehead atoms. The van der Waals surface area contributed by atoms with Gasteiger partial charge in [0, 0.05) is 16.4 Å². The summed E-state index contributed by atoms with van der Waals surface area (Å²) in [5.41, 5.74) is 0. The van der Waals surface area contributed by atoms with Gasteiger partial charge in [-0.3, -0.25) is 0 Å². The highest BCUT2D eigenvalue weighted by Crippen LogP contribution is 2.47. The minimum Gasteiger partial charge on any atom is -0.415 e. The first-order valence-corrected chi connectivity index (χ1v) is 24.8. The molecule has 33 heavy (non-hydrogen) atoms. The molecule has 2 atom stereocenters. The number of rotatable bonds is 11. The molecule has 1 rings (SSSR count). The van der Waals surface area contributed by atoms with Gasteiger partial charge in [0.15, 0.2) is 16.6 Å². The van der Waals surface area contributed by atoms with E-state index in [9.17, 15) is 0 Å². The monoisotopic (exact) mass is 526 g/mol. The van der Waals surface area contributed by atoms with Gasteiger partial charge in [0.2, 0.25) is 0 Å². The van der Waals surface area contributed by atoms with Crippen LogP contribution in [0.1, 0.15) is 48.5 Å². The summed E-state index contributed by atoms with van der Waals surface area (Å²) in [5, 5.41) is 0.772. The van der Waals surface area contributed by atoms with Crippen LogP contribution in [0.5, 0.6) is 0 Å². The second kappa shape index (κ2) is 9.79. The van der Waals surface area contributed by atoms with Gasteiger partial charge >= 0.3 is 0 Å². The van der Waals surface area contributed by atoms with Crippen molar-refractivity contribution in [2.24, 2.45) is 0 Å². The van der Waals surface area contributed by atoms with Crippen molar-refractivity contribution >= 4 is 38.2 Å². The first-order chi connectivity index (χ1) is 14.4. The van der Waals surface area contributed by atoms with Crippen molar-refractivity contribution in [2.45, 2.75) is 129 Å². The molecule has 0 radical (unpaired) electrons. The Morgan fingerprint density at radius 2 is 1.12 bits per heavy atom. The van der Waals surface area contributed by atoms with Gasteiger partial charge in [-0.1, -0.05) is 63.8 Å². The predicted molar refractivity (Wildman–Crippen MR) is 157 cm³/mol. The summed E-state index contributed by atoms with van der Waals surface area (Å²) in [6, 6.07) is 10.8. The van der Waals surface area contributed by atoms with E-state index in [1.165, 1.54) is 5.19 Å². The first-order valence-electron chi connectivity index (χ1n) is 12.5. The van der Waals surface area contributed by atoms with Gasteiger partial charge in [-0.15, -0.1) is 0 Å². The van der Waals surface area contributed by atoms with Crippen molar-refractivity contribution in [3.05, 3.63) is 30.3 Å². The lowest BCUT2D eigenvalue weighted by Crippen LogP contribution is -2.69. The van der Waals surface area contributed by atoms with E-state index in [4.69, 9.17) is 13.3 Å². The Bertz CT molecular complexity index is 777. The fourth-order valence-electron chi connectivity index (χ4n) is 4.09. The Morgan fingerprint density at radius 1 is 0.667 bits per heavy atom. The van der Waals surface area contributed by atoms with Gasteiger partial charge in [0.25, 0.3) is 8.32 Å². The van der Waals surface area contributed by atoms with Crippen molar-refractivity contribution in [1.82, 2.24) is 0 Å². The maximum absolute atomic E-state index is 7.29. The van der Waals surface area contributed by atoms with Gasteiger partial charge in [0.05, 0.1) is 13.3 Å². The highest BCUT2D eigenvalue weighted by Gasteiger charge is 2.56. The molecule has 192 valence electrons. The Kier molecular flexibility index (Phi) is 9.19. The zero-order valence-corrected chi connectivity index (χ0v) is 28.7. The van der Waals surface area contributed by atoms with Crippen LogP contribution < -0.4 is 5.19 Å². The fourth-order valence-corrected chi connectivity index (χ4v) is 14.9. The normalized spacial score (nSPS) is 17.6. The Balaban J connectivity index is 3.43. The lowest BCUT2D eigenvalue weighted by molar-refractivity contribution is 0.0875. The number of benzene rings is 1. The Hall–Kier alpha value is -0.0325. The van der Waals surface area contributed by atoms with E-state index in [1.54, 1.807) is 0 Å². The predicted octanol–water partition coefficient (Wildman–Crippen LogP) is 7.70. The molecular weight excluding hydrogens is 473 g/mol. The van der Waals surface area contributed by atoms with Crippen LogP contribution in [-0.4, -0.2) is 49.6 Å². The number of hydrogen-bond acceptors (Lipinski definition) is 3. The topological polar surface area (TPSA) is 27.7 Å². The molecule has 7 heteroatoms. The molecule has 2 unspecified atom stereocenters. The molecule has 0 aliphatic heterocycles. The SMILES string of the molecule is CC(O[Si](C)(c1ccccc1)C(C)(C)O[Si](C)(C)C)C(C)(C)[Si](C)(C)OC(C)(C)[Si](C)(C)C. The minimum absolute atomic E-state index is 0.0398. The zero-order valence-electron chi connectivity index (χ0n) is 24.7. The van der Waals surface area contributed by atoms with E-state index in [0.29, 0.717) is 0 Å². The Labute approximate surface area is 210 Å². The lowest BCUT2D eigenvalue weighted by Gasteiger charge is -2.53. The maximum atomic E-state index is 7.29. The molecule has 0 heterocycles. The van der Waals surface area contributed by atoms with E-state index in [1.807, 2.05) is 0 Å². The van der Waals surface area contributed by atoms with Crippen LogP contribution in [0.25, 0.3) is 0 Å². The summed E-state index contributed by atoms with van der Waals surface area (Å²) >= 11 is 0. The van der Waals surface area contributed by atoms with Crippen LogP contribution in [0.2, 0.25) is 64.0 Å². The third-order valence-corrected chi connectivity index (χ3v) is 22.8. The van der Waals surface area contributed by atoms with Crippen LogP contribution in [0.3, 0.4) is 0 Å². The first kappa shape index (κ1) is 31.0. The van der Waals surface area contributed by atoms with Gasteiger partial charge in [-0.25, -0.2) is 0 Å². The van der Waals surface area contributed by atoms with E-state index >= 15 is 0 Å². The smallest absolute Gasteiger partial charge is 0.250 e. The van der Waals surface area contributed by atoms with Gasteiger partial charge < -0.3 is 13.3 Å². The molecule has 1 aromatic rings. The lowest BCUT2D eigenvalue weighted by atomic mass is 10.1. The van der Waals surface area contributed by atoms with Crippen LogP contribution in [0.4, 0.5) is 0 Å². The van der Waals surface area contributed by atoms with Crippen molar-refractivity contribution in [1.29, 1.82) is 0 Å². The summed E-state index contributed by atoms with van der Waals surface area (Å²) < 4.78 is 21.2. The van der Waals surface area contributed by atoms with E-state index in [-0.39, 0.29) is 21.6 Å². The highest BCUT2D eigenvalue weighted by molar-refractivity contribution is 6.89. The second-order valence-electron chi connectivity index (χ2n) is 14.0. The van der Waals surface area contributed by atoms with Crippen molar-refractivity contribution in [2.75, 3.05) is 0 Å². The van der Waals surface area contributed by atoms with Gasteiger partial charge in [-0.2, -0.15) is 0 Å². The molecule has 0 fully saturated rings. The third kappa shape index (κ3) is 7.02. The van der Waals surface area contributed by atoms with Gasteiger partial charge in [0.1, 0.15) is 0 Å². The van der Waals surface area contributed by atoms with E-state index in [2.05, 4.69) is 138 Å². The zero-order chi connectivity index (χ0) is 26.3. The maximum Gasteiger partial charge on any atom is 0.250 e. The summed E-state index contributed by atoms with van der Waals surface area (Å²) in [6.07, 6.45) is 0.0398. The van der Waals surface area contributed by atoms with Crippen LogP contribution in [-0.2, 0) is 13.3 Å². The molecule has 0 saturated heterocycles. The number of hydrogen-bond donors (Lipinski definition) is 0. The molecule has 3 nitrogen and oxygen atoms in total. The summed E-state index contributed by atoms with van der Waals surface area (Å²) in [6.45, 7) is 37.2. The molecule has 0 aromatic heterocycles. The second-order valence-corrected chi connectivity index (χ2v) is 32.7. The molecule has 0 aliphatic rings. The summed E-state index contributed by atoms with van der Waals surface area (Å²) in [5.74, 6) is 0. The van der Waals surface area contributed by atoms with Crippen LogP contribution in [0, 0.1) is 0 Å². The highest BCUT2D eigenvalue weighted by atomic mass is 28.4. The largest absolute Gasteiger partial charge is 0.415 e. The van der Waals surface area contributed by atoms with Gasteiger partial charge in [-0.05, 0) is 79.1 Å². The van der Waals surface area contributed by atoms with E-state index < -0.39 is 33.0 Å². The quantitative estimate of drug-likeness (QED) is 0.276. The van der Waals surface area contributed by atoms with Crippen LogP contribution in [0.15, 0.2) is 30.3 Å². The molecule has 0 amide bonds. The molecule has 1 aromatic carbocycles. The van der Waals surface area contributed by atoms with Crippen molar-refractivity contribution in [3.63, 3.8) is 0 Å². The molecule has 0 spiro atoms. The third-order valence-electron chi connectivity index (χ3n) is 8.33. The molecule has 0 aliphatic carbocycles. The summed E-state index contributed by atoms with van der Waals surface area (Å²) in [4.78, 5) is 0. The summed E-state index contributed by atoms with van der Waals surface area (Å²) in [7, 11) is -7.95. The van der Waals surface area contributed by atoms with Crippen molar-refractivity contribution in [3.8, 4) is 0 Å². The fraction of sp³-hybridized carbons (Fsp3) is 0.769. The van der Waals surface area contributed by atoms with Crippen LogP contribution >= 0.6 is 0 Å².